The number of amides is 1. The molecule has 1 fully saturated rings. The van der Waals surface area contributed by atoms with Crippen LogP contribution in [0.15, 0.2) is 28.7 Å². The first-order valence-corrected chi connectivity index (χ1v) is 12.1. The molecular formula is C20H30BrNO3S. The number of carbonyl (C=O) groups is 1. The Bertz CT molecular complexity index is 692. The van der Waals surface area contributed by atoms with Gasteiger partial charge in [0.05, 0.1) is 11.5 Å². The van der Waals surface area contributed by atoms with Crippen LogP contribution in [0.25, 0.3) is 0 Å². The standard InChI is InChI=1S/C20H30BrNO3S/c1-16(2)15-26(24,25)13-10-19(23)22-20(11-4-3-5-12-20)14-17-6-8-18(21)9-7-17/h6-9,16H,3-5,10-15H2,1-2H3,(H,22,23). The number of carbonyl (C=O) groups excluding carboxylic acids is 1. The quantitative estimate of drug-likeness (QED) is 0.651. The molecule has 0 unspecified atom stereocenters. The zero-order valence-corrected chi connectivity index (χ0v) is 18.2. The molecule has 0 atom stereocenters. The van der Waals surface area contributed by atoms with Gasteiger partial charge in [-0.05, 0) is 42.9 Å². The normalized spacial score (nSPS) is 17.2. The highest BCUT2D eigenvalue weighted by Crippen LogP contribution is 2.32. The van der Waals surface area contributed by atoms with Gasteiger partial charge in [0, 0.05) is 16.4 Å². The fraction of sp³-hybridized carbons (Fsp3) is 0.650. The predicted octanol–water partition coefficient (Wildman–Crippen LogP) is 4.27. The molecule has 1 aromatic carbocycles. The molecule has 0 radical (unpaired) electrons. The molecule has 6 heteroatoms. The summed E-state index contributed by atoms with van der Waals surface area (Å²) in [4.78, 5) is 12.5. The second kappa shape index (κ2) is 9.36. The fourth-order valence-corrected chi connectivity index (χ4v) is 5.71. The highest BCUT2D eigenvalue weighted by atomic mass is 79.9. The van der Waals surface area contributed by atoms with Crippen molar-refractivity contribution in [3.63, 3.8) is 0 Å². The molecule has 0 heterocycles. The van der Waals surface area contributed by atoms with E-state index in [0.29, 0.717) is 0 Å². The van der Waals surface area contributed by atoms with Gasteiger partial charge in [0.2, 0.25) is 5.91 Å². The highest BCUT2D eigenvalue weighted by molar-refractivity contribution is 9.10. The van der Waals surface area contributed by atoms with Crippen molar-refractivity contribution < 1.29 is 13.2 Å². The van der Waals surface area contributed by atoms with Crippen molar-refractivity contribution in [2.24, 2.45) is 5.92 Å². The van der Waals surface area contributed by atoms with Gasteiger partial charge in [-0.2, -0.15) is 0 Å². The van der Waals surface area contributed by atoms with E-state index in [1.54, 1.807) is 0 Å². The Balaban J connectivity index is 2.00. The summed E-state index contributed by atoms with van der Waals surface area (Å²) >= 11 is 3.45. The maximum absolute atomic E-state index is 12.5. The van der Waals surface area contributed by atoms with Crippen LogP contribution in [0.3, 0.4) is 0 Å². The number of benzene rings is 1. The second-order valence-corrected chi connectivity index (χ2v) is 11.1. The third-order valence-corrected chi connectivity index (χ3v) is 7.43. The first-order chi connectivity index (χ1) is 12.2. The summed E-state index contributed by atoms with van der Waals surface area (Å²) in [5, 5.41) is 3.21. The fourth-order valence-electron chi connectivity index (χ4n) is 3.77. The largest absolute Gasteiger partial charge is 0.350 e. The van der Waals surface area contributed by atoms with Crippen LogP contribution >= 0.6 is 15.9 Å². The van der Waals surface area contributed by atoms with Crippen LogP contribution in [0.1, 0.15) is 57.9 Å². The highest BCUT2D eigenvalue weighted by Gasteiger charge is 2.33. The van der Waals surface area contributed by atoms with Crippen molar-refractivity contribution in [2.45, 2.75) is 64.3 Å². The van der Waals surface area contributed by atoms with Gasteiger partial charge in [0.1, 0.15) is 0 Å². The zero-order chi connectivity index (χ0) is 19.2. The van der Waals surface area contributed by atoms with Crippen LogP contribution in [-0.4, -0.2) is 31.4 Å². The molecule has 26 heavy (non-hydrogen) atoms. The van der Waals surface area contributed by atoms with Gasteiger partial charge in [-0.3, -0.25) is 4.79 Å². The van der Waals surface area contributed by atoms with Gasteiger partial charge in [0.15, 0.2) is 9.84 Å². The smallest absolute Gasteiger partial charge is 0.221 e. The second-order valence-electron chi connectivity index (χ2n) is 7.95. The van der Waals surface area contributed by atoms with Crippen molar-refractivity contribution in [2.75, 3.05) is 11.5 Å². The summed E-state index contributed by atoms with van der Waals surface area (Å²) in [5.41, 5.74) is 0.952. The zero-order valence-electron chi connectivity index (χ0n) is 15.8. The Hall–Kier alpha value is -0.880. The molecule has 0 bridgehead atoms. The molecule has 1 N–H and O–H groups in total. The van der Waals surface area contributed by atoms with E-state index in [-0.39, 0.29) is 35.3 Å². The number of nitrogens with one attached hydrogen (secondary N) is 1. The molecule has 0 saturated heterocycles. The van der Waals surface area contributed by atoms with Gasteiger partial charge >= 0.3 is 0 Å². The summed E-state index contributed by atoms with van der Waals surface area (Å²) in [6.07, 6.45) is 6.15. The lowest BCUT2D eigenvalue weighted by molar-refractivity contribution is -0.123. The van der Waals surface area contributed by atoms with Crippen molar-refractivity contribution >= 4 is 31.7 Å². The lowest BCUT2D eigenvalue weighted by Gasteiger charge is -2.38. The number of halogens is 1. The van der Waals surface area contributed by atoms with E-state index in [4.69, 9.17) is 0 Å². The predicted molar refractivity (Wildman–Crippen MR) is 110 cm³/mol. The van der Waals surface area contributed by atoms with Gasteiger partial charge in [-0.15, -0.1) is 0 Å². The molecule has 1 aliphatic rings. The van der Waals surface area contributed by atoms with Crippen molar-refractivity contribution in [3.05, 3.63) is 34.3 Å². The van der Waals surface area contributed by atoms with Gasteiger partial charge in [0.25, 0.3) is 0 Å². The summed E-state index contributed by atoms with van der Waals surface area (Å²) in [6.45, 7) is 3.76. The average Bonchev–Trinajstić information content (AvgIpc) is 2.55. The van der Waals surface area contributed by atoms with E-state index < -0.39 is 9.84 Å². The summed E-state index contributed by atoms with van der Waals surface area (Å²) < 4.78 is 25.2. The lowest BCUT2D eigenvalue weighted by Crippen LogP contribution is -2.51. The topological polar surface area (TPSA) is 63.2 Å². The Kier molecular flexibility index (Phi) is 7.71. The maximum atomic E-state index is 12.5. The molecule has 0 aliphatic heterocycles. The third kappa shape index (κ3) is 7.03. The van der Waals surface area contributed by atoms with E-state index in [2.05, 4.69) is 33.4 Å². The van der Waals surface area contributed by atoms with E-state index in [1.807, 2.05) is 26.0 Å². The Morgan fingerprint density at radius 3 is 2.35 bits per heavy atom. The number of hydrogen-bond acceptors (Lipinski definition) is 3. The van der Waals surface area contributed by atoms with Crippen LogP contribution < -0.4 is 5.32 Å². The van der Waals surface area contributed by atoms with Crippen LogP contribution in [-0.2, 0) is 21.1 Å². The molecule has 1 saturated carbocycles. The summed E-state index contributed by atoms with van der Waals surface area (Å²) in [7, 11) is -3.17. The molecular weight excluding hydrogens is 414 g/mol. The monoisotopic (exact) mass is 443 g/mol. The molecule has 2 rings (SSSR count). The average molecular weight is 444 g/mol. The van der Waals surface area contributed by atoms with Crippen molar-refractivity contribution in [1.82, 2.24) is 5.32 Å². The SMILES string of the molecule is CC(C)CS(=O)(=O)CCC(=O)NC1(Cc2ccc(Br)cc2)CCCCC1. The minimum absolute atomic E-state index is 0.0527. The van der Waals surface area contributed by atoms with Crippen LogP contribution in [0.2, 0.25) is 0 Å². The molecule has 0 spiro atoms. The summed E-state index contributed by atoms with van der Waals surface area (Å²) in [5.74, 6) is 0.0249. The van der Waals surface area contributed by atoms with E-state index in [9.17, 15) is 13.2 Å². The third-order valence-electron chi connectivity index (χ3n) is 4.90. The van der Waals surface area contributed by atoms with E-state index >= 15 is 0 Å². The summed E-state index contributed by atoms with van der Waals surface area (Å²) in [6, 6.07) is 8.21. The van der Waals surface area contributed by atoms with Crippen LogP contribution in [0.5, 0.6) is 0 Å². The van der Waals surface area contributed by atoms with Gasteiger partial charge in [-0.25, -0.2) is 8.42 Å². The maximum Gasteiger partial charge on any atom is 0.221 e. The molecule has 1 amide bonds. The molecule has 1 aliphatic carbocycles. The molecule has 146 valence electrons. The van der Waals surface area contributed by atoms with Crippen LogP contribution in [0, 0.1) is 5.92 Å². The first-order valence-electron chi connectivity index (χ1n) is 9.46. The number of sulfone groups is 1. The van der Waals surface area contributed by atoms with E-state index in [0.717, 1.165) is 36.6 Å². The Labute approximate surface area is 166 Å². The lowest BCUT2D eigenvalue weighted by atomic mass is 9.77. The molecule has 4 nitrogen and oxygen atoms in total. The Morgan fingerprint density at radius 2 is 1.77 bits per heavy atom. The first kappa shape index (κ1) is 21.4. The van der Waals surface area contributed by atoms with E-state index in [1.165, 1.54) is 12.0 Å². The minimum Gasteiger partial charge on any atom is -0.350 e. The van der Waals surface area contributed by atoms with Gasteiger partial charge in [-0.1, -0.05) is 61.2 Å². The van der Waals surface area contributed by atoms with Crippen molar-refractivity contribution in [1.29, 1.82) is 0 Å². The molecule has 0 aromatic heterocycles. The molecule has 1 aromatic rings. The van der Waals surface area contributed by atoms with Gasteiger partial charge < -0.3 is 5.32 Å². The minimum atomic E-state index is -3.17. The van der Waals surface area contributed by atoms with Crippen LogP contribution in [0.4, 0.5) is 0 Å². The Morgan fingerprint density at radius 1 is 1.15 bits per heavy atom. The number of rotatable bonds is 8. The van der Waals surface area contributed by atoms with Crippen molar-refractivity contribution in [3.8, 4) is 0 Å². The number of hydrogen-bond donors (Lipinski definition) is 1.